The number of hydrogen-bond acceptors (Lipinski definition) is 7. The SMILES string of the molecule is O=C(O)Cc1ccc(OCC2CCN(C(=O)Oc3ccc(N4C(=O)C5CCCCC5C4=O)cn3)CC2)cc1. The van der Waals surface area contributed by atoms with Crippen LogP contribution in [0.4, 0.5) is 10.5 Å². The molecule has 1 saturated carbocycles. The van der Waals surface area contributed by atoms with E-state index in [0.717, 1.165) is 44.1 Å². The Kier molecular flexibility index (Phi) is 7.57. The number of fused-ring (bicyclic) bond motifs is 1. The van der Waals surface area contributed by atoms with Gasteiger partial charge in [0.15, 0.2) is 0 Å². The highest BCUT2D eigenvalue weighted by Gasteiger charge is 2.48. The number of ether oxygens (including phenoxy) is 2. The maximum absolute atomic E-state index is 12.8. The molecule has 200 valence electrons. The standard InChI is InChI=1S/C28H31N3O7/c32-25(33)15-18-5-8-21(9-6-18)37-17-19-11-13-30(14-12-19)28(36)38-24-10-7-20(16-29-24)31-26(34)22-3-1-2-4-23(22)27(31)35/h5-10,16,19,22-23H,1-4,11-15,17H2,(H,32,33). The molecule has 1 aromatic carbocycles. The predicted molar refractivity (Wildman–Crippen MR) is 136 cm³/mol. The van der Waals surface area contributed by atoms with Gasteiger partial charge >= 0.3 is 12.1 Å². The molecule has 0 spiro atoms. The summed E-state index contributed by atoms with van der Waals surface area (Å²) in [6.45, 7) is 1.57. The van der Waals surface area contributed by atoms with Gasteiger partial charge in [-0.2, -0.15) is 0 Å². The van der Waals surface area contributed by atoms with Crippen LogP contribution in [0.3, 0.4) is 0 Å². The molecule has 5 rings (SSSR count). The van der Waals surface area contributed by atoms with Gasteiger partial charge in [0.1, 0.15) is 5.75 Å². The van der Waals surface area contributed by atoms with Crippen molar-refractivity contribution in [3.05, 3.63) is 48.2 Å². The normalized spacial score (nSPS) is 21.8. The molecule has 2 unspecified atom stereocenters. The number of likely N-dealkylation sites (tertiary alicyclic amines) is 1. The average molecular weight is 522 g/mol. The van der Waals surface area contributed by atoms with E-state index in [1.54, 1.807) is 35.2 Å². The third-order valence-electron chi connectivity index (χ3n) is 7.65. The molecule has 1 N–H and O–H groups in total. The van der Waals surface area contributed by atoms with Gasteiger partial charge in [-0.05, 0) is 55.4 Å². The number of anilines is 1. The fourth-order valence-electron chi connectivity index (χ4n) is 5.51. The van der Waals surface area contributed by atoms with E-state index < -0.39 is 12.1 Å². The molecule has 2 aliphatic heterocycles. The van der Waals surface area contributed by atoms with E-state index in [9.17, 15) is 19.2 Å². The second-order valence-corrected chi connectivity index (χ2v) is 10.2. The molecule has 3 fully saturated rings. The van der Waals surface area contributed by atoms with E-state index in [1.807, 2.05) is 0 Å². The number of aliphatic carboxylic acids is 1. The van der Waals surface area contributed by atoms with Gasteiger partial charge in [-0.3, -0.25) is 14.4 Å². The smallest absolute Gasteiger partial charge is 0.416 e. The molecular weight excluding hydrogens is 490 g/mol. The Labute approximate surface area is 220 Å². The first kappa shape index (κ1) is 25.7. The monoisotopic (exact) mass is 521 g/mol. The third kappa shape index (κ3) is 5.64. The highest BCUT2D eigenvalue weighted by molar-refractivity contribution is 6.22. The number of carbonyl (C=O) groups excluding carboxylic acids is 3. The van der Waals surface area contributed by atoms with Gasteiger partial charge < -0.3 is 19.5 Å². The zero-order chi connectivity index (χ0) is 26.6. The van der Waals surface area contributed by atoms with Crippen molar-refractivity contribution >= 4 is 29.6 Å². The van der Waals surface area contributed by atoms with E-state index in [0.29, 0.717) is 31.1 Å². The topological polar surface area (TPSA) is 126 Å². The van der Waals surface area contributed by atoms with Crippen LogP contribution in [-0.4, -0.2) is 58.6 Å². The number of carboxylic acids is 1. The van der Waals surface area contributed by atoms with Crippen molar-refractivity contribution in [2.45, 2.75) is 44.9 Å². The van der Waals surface area contributed by atoms with Crippen molar-refractivity contribution in [1.82, 2.24) is 9.88 Å². The molecule has 3 aliphatic rings. The fourth-order valence-corrected chi connectivity index (χ4v) is 5.51. The number of pyridine rings is 1. The number of rotatable bonds is 7. The molecule has 1 aromatic heterocycles. The first-order valence-corrected chi connectivity index (χ1v) is 13.1. The molecule has 2 atom stereocenters. The summed E-state index contributed by atoms with van der Waals surface area (Å²) in [5.74, 6) is -0.559. The number of piperidine rings is 1. The van der Waals surface area contributed by atoms with Crippen LogP contribution in [-0.2, 0) is 20.8 Å². The Morgan fingerprint density at radius 3 is 2.16 bits per heavy atom. The number of nitrogens with zero attached hydrogens (tertiary/aromatic N) is 3. The first-order valence-electron chi connectivity index (χ1n) is 13.1. The summed E-state index contributed by atoms with van der Waals surface area (Å²) in [4.78, 5) is 56.0. The lowest BCUT2D eigenvalue weighted by atomic mass is 9.81. The lowest BCUT2D eigenvalue weighted by Crippen LogP contribution is -2.41. The minimum absolute atomic E-state index is 0.0207. The summed E-state index contributed by atoms with van der Waals surface area (Å²) in [5, 5.41) is 8.86. The summed E-state index contributed by atoms with van der Waals surface area (Å²) in [6, 6.07) is 10.1. The van der Waals surface area contributed by atoms with E-state index in [2.05, 4.69) is 4.98 Å². The van der Waals surface area contributed by atoms with Crippen molar-refractivity contribution in [2.24, 2.45) is 17.8 Å². The number of benzene rings is 1. The van der Waals surface area contributed by atoms with Gasteiger partial charge in [0, 0.05) is 19.2 Å². The molecule has 3 heterocycles. The van der Waals surface area contributed by atoms with Crippen LogP contribution >= 0.6 is 0 Å². The number of aromatic nitrogens is 1. The van der Waals surface area contributed by atoms with Crippen LogP contribution in [0.1, 0.15) is 44.1 Å². The first-order chi connectivity index (χ1) is 18.4. The van der Waals surface area contributed by atoms with Crippen LogP contribution in [0.25, 0.3) is 0 Å². The minimum atomic E-state index is -0.871. The van der Waals surface area contributed by atoms with Gasteiger partial charge in [-0.1, -0.05) is 25.0 Å². The van der Waals surface area contributed by atoms with E-state index >= 15 is 0 Å². The molecule has 0 bridgehead atoms. The van der Waals surface area contributed by atoms with Crippen molar-refractivity contribution in [3.63, 3.8) is 0 Å². The van der Waals surface area contributed by atoms with Crippen molar-refractivity contribution in [1.29, 1.82) is 0 Å². The predicted octanol–water partition coefficient (Wildman–Crippen LogP) is 3.68. The van der Waals surface area contributed by atoms with Crippen molar-refractivity contribution < 1.29 is 33.8 Å². The summed E-state index contributed by atoms with van der Waals surface area (Å²) in [5.41, 5.74) is 1.13. The van der Waals surface area contributed by atoms with Crippen molar-refractivity contribution in [3.8, 4) is 11.6 Å². The van der Waals surface area contributed by atoms with Crippen molar-refractivity contribution in [2.75, 3.05) is 24.6 Å². The Hall–Kier alpha value is -3.95. The van der Waals surface area contributed by atoms with Crippen LogP contribution < -0.4 is 14.4 Å². The quantitative estimate of drug-likeness (QED) is 0.547. The minimum Gasteiger partial charge on any atom is -0.493 e. The lowest BCUT2D eigenvalue weighted by molar-refractivity contribution is -0.136. The van der Waals surface area contributed by atoms with Gasteiger partial charge in [0.05, 0.1) is 36.7 Å². The van der Waals surface area contributed by atoms with Gasteiger partial charge in [-0.25, -0.2) is 14.7 Å². The van der Waals surface area contributed by atoms with Gasteiger partial charge in [0.2, 0.25) is 17.7 Å². The molecule has 10 nitrogen and oxygen atoms in total. The Morgan fingerprint density at radius 2 is 1.58 bits per heavy atom. The largest absolute Gasteiger partial charge is 0.493 e. The summed E-state index contributed by atoms with van der Waals surface area (Å²) < 4.78 is 11.3. The second kappa shape index (κ2) is 11.2. The number of carboxylic acid groups (broad SMARTS) is 1. The molecule has 2 saturated heterocycles. The molecular formula is C28H31N3O7. The molecule has 38 heavy (non-hydrogen) atoms. The highest BCUT2D eigenvalue weighted by Crippen LogP contribution is 2.40. The van der Waals surface area contributed by atoms with E-state index in [4.69, 9.17) is 14.6 Å². The summed E-state index contributed by atoms with van der Waals surface area (Å²) in [7, 11) is 0. The number of carbonyl (C=O) groups is 4. The highest BCUT2D eigenvalue weighted by atomic mass is 16.6. The Balaban J connectivity index is 1.08. The summed E-state index contributed by atoms with van der Waals surface area (Å²) in [6.07, 6.45) is 5.86. The Bertz CT molecular complexity index is 1170. The maximum atomic E-state index is 12.8. The van der Waals surface area contributed by atoms with Crippen LogP contribution in [0.15, 0.2) is 42.6 Å². The molecule has 2 aromatic rings. The molecule has 0 radical (unpaired) electrons. The van der Waals surface area contributed by atoms with Crippen LogP contribution in [0, 0.1) is 17.8 Å². The molecule has 10 heteroatoms. The van der Waals surface area contributed by atoms with Crippen LogP contribution in [0.2, 0.25) is 0 Å². The fraction of sp³-hybridized carbons (Fsp3) is 0.464. The average Bonchev–Trinajstić information content (AvgIpc) is 3.18. The number of amides is 3. The zero-order valence-corrected chi connectivity index (χ0v) is 21.1. The summed E-state index contributed by atoms with van der Waals surface area (Å²) >= 11 is 0. The van der Waals surface area contributed by atoms with E-state index in [1.165, 1.54) is 17.2 Å². The zero-order valence-electron chi connectivity index (χ0n) is 21.1. The molecule has 3 amide bonds. The second-order valence-electron chi connectivity index (χ2n) is 10.2. The maximum Gasteiger partial charge on any atom is 0.416 e. The van der Waals surface area contributed by atoms with E-state index in [-0.39, 0.29) is 41.9 Å². The van der Waals surface area contributed by atoms with Crippen LogP contribution in [0.5, 0.6) is 11.6 Å². The number of imide groups is 1. The number of hydrogen-bond donors (Lipinski definition) is 1. The Morgan fingerprint density at radius 1 is 0.921 bits per heavy atom. The third-order valence-corrected chi connectivity index (χ3v) is 7.65. The lowest BCUT2D eigenvalue weighted by Gasteiger charge is -2.31. The van der Waals surface area contributed by atoms with Gasteiger partial charge in [-0.15, -0.1) is 0 Å². The molecule has 1 aliphatic carbocycles. The van der Waals surface area contributed by atoms with Gasteiger partial charge in [0.25, 0.3) is 0 Å².